The number of aliphatic carboxylic acids is 2. The average Bonchev–Trinajstić information content (AvgIpc) is 2.56. The van der Waals surface area contributed by atoms with Gasteiger partial charge in [0.05, 0.1) is 0 Å². The molecule has 2 rings (SSSR count). The van der Waals surface area contributed by atoms with Crippen molar-refractivity contribution in [1.82, 2.24) is 5.09 Å². The van der Waals surface area contributed by atoms with Gasteiger partial charge in [-0.2, -0.15) is 0 Å². The van der Waals surface area contributed by atoms with E-state index in [0.717, 1.165) is 16.3 Å². The molecule has 0 amide bonds. The summed E-state index contributed by atoms with van der Waals surface area (Å²) >= 11 is 0. The van der Waals surface area contributed by atoms with E-state index in [1.54, 1.807) is 0 Å². The summed E-state index contributed by atoms with van der Waals surface area (Å²) in [5, 5.41) is 22.0. The second kappa shape index (κ2) is 8.25. The standard InChI is InChI=1S/C17H20NO6P/c19-16(20)8-7-15(17(21)22)18-25(23,24)10-9-12-5-6-13-3-1-2-4-14(13)11-12/h1-6,11,15H,7-10H2,(H,19,20)(H,21,22)(H2,18,23,24). The van der Waals surface area contributed by atoms with Crippen LogP contribution in [0.5, 0.6) is 0 Å². The van der Waals surface area contributed by atoms with Gasteiger partial charge in [0, 0.05) is 12.6 Å². The van der Waals surface area contributed by atoms with Crippen molar-refractivity contribution in [1.29, 1.82) is 0 Å². The Labute approximate surface area is 144 Å². The van der Waals surface area contributed by atoms with Gasteiger partial charge in [-0.25, -0.2) is 5.09 Å². The fourth-order valence-corrected chi connectivity index (χ4v) is 3.91. The predicted octanol–water partition coefficient (Wildman–Crippen LogP) is 2.48. The molecular formula is C17H20NO6P. The van der Waals surface area contributed by atoms with E-state index in [1.807, 2.05) is 42.5 Å². The van der Waals surface area contributed by atoms with Gasteiger partial charge in [-0.1, -0.05) is 42.5 Å². The minimum atomic E-state index is -3.91. The molecule has 4 N–H and O–H groups in total. The van der Waals surface area contributed by atoms with Crippen LogP contribution < -0.4 is 5.09 Å². The molecule has 0 saturated heterocycles. The lowest BCUT2D eigenvalue weighted by atomic mass is 10.1. The van der Waals surface area contributed by atoms with E-state index in [4.69, 9.17) is 10.2 Å². The fourth-order valence-electron chi connectivity index (χ4n) is 2.49. The second-order valence-electron chi connectivity index (χ2n) is 5.81. The van der Waals surface area contributed by atoms with Crippen LogP contribution in [-0.2, 0) is 20.6 Å². The Hall–Kier alpha value is -2.21. The molecule has 8 heteroatoms. The Morgan fingerprint density at radius 1 is 1.08 bits per heavy atom. The van der Waals surface area contributed by atoms with Gasteiger partial charge < -0.3 is 15.1 Å². The topological polar surface area (TPSA) is 124 Å². The maximum Gasteiger partial charge on any atom is 0.321 e. The zero-order valence-electron chi connectivity index (χ0n) is 13.5. The Kier molecular flexibility index (Phi) is 6.31. The summed E-state index contributed by atoms with van der Waals surface area (Å²) in [4.78, 5) is 31.7. The number of carboxylic acids is 2. The number of carboxylic acid groups (broad SMARTS) is 2. The third kappa shape index (κ3) is 5.98. The molecule has 0 bridgehead atoms. The quantitative estimate of drug-likeness (QED) is 0.503. The average molecular weight is 365 g/mol. The van der Waals surface area contributed by atoms with E-state index >= 15 is 0 Å². The van der Waals surface area contributed by atoms with E-state index < -0.39 is 31.9 Å². The van der Waals surface area contributed by atoms with Crippen molar-refractivity contribution in [3.63, 3.8) is 0 Å². The highest BCUT2D eigenvalue weighted by Crippen LogP contribution is 2.37. The van der Waals surface area contributed by atoms with Gasteiger partial charge >= 0.3 is 11.9 Å². The fraction of sp³-hybridized carbons (Fsp3) is 0.294. The van der Waals surface area contributed by atoms with Crippen LogP contribution in [-0.4, -0.2) is 39.2 Å². The van der Waals surface area contributed by atoms with Crippen LogP contribution in [0.4, 0.5) is 0 Å². The first kappa shape index (κ1) is 19.1. The highest BCUT2D eigenvalue weighted by Gasteiger charge is 2.27. The molecular weight excluding hydrogens is 345 g/mol. The SMILES string of the molecule is O=C(O)CCC(NP(=O)(O)CCc1ccc2ccccc2c1)C(=O)O. The smallest absolute Gasteiger partial charge is 0.321 e. The lowest BCUT2D eigenvalue weighted by Crippen LogP contribution is -2.35. The third-order valence-corrected chi connectivity index (χ3v) is 5.36. The molecule has 2 aromatic carbocycles. The number of fused-ring (bicyclic) bond motifs is 1. The Morgan fingerprint density at radius 3 is 2.40 bits per heavy atom. The van der Waals surface area contributed by atoms with Gasteiger partial charge in [0.15, 0.2) is 0 Å². The van der Waals surface area contributed by atoms with Crippen LogP contribution in [0.1, 0.15) is 18.4 Å². The van der Waals surface area contributed by atoms with Crippen LogP contribution in [0, 0.1) is 0 Å². The Balaban J connectivity index is 1.99. The molecule has 0 saturated carbocycles. The largest absolute Gasteiger partial charge is 0.481 e. The van der Waals surface area contributed by atoms with E-state index in [2.05, 4.69) is 5.09 Å². The van der Waals surface area contributed by atoms with Crippen molar-refractivity contribution >= 4 is 30.2 Å². The van der Waals surface area contributed by atoms with Crippen LogP contribution in [0.15, 0.2) is 42.5 Å². The molecule has 0 aliphatic heterocycles. The van der Waals surface area contributed by atoms with Gasteiger partial charge in [0.2, 0.25) is 0 Å². The molecule has 0 aliphatic rings. The number of nitrogens with one attached hydrogen (secondary N) is 1. The van der Waals surface area contributed by atoms with E-state index in [0.29, 0.717) is 6.42 Å². The molecule has 0 aliphatic carbocycles. The maximum absolute atomic E-state index is 12.2. The Bertz CT molecular complexity index is 822. The normalized spacial score (nSPS) is 14.8. The first-order chi connectivity index (χ1) is 11.8. The molecule has 2 atom stereocenters. The molecule has 0 fully saturated rings. The van der Waals surface area contributed by atoms with E-state index in [1.165, 1.54) is 0 Å². The zero-order valence-corrected chi connectivity index (χ0v) is 14.4. The third-order valence-electron chi connectivity index (χ3n) is 3.82. The van der Waals surface area contributed by atoms with Crippen molar-refractivity contribution in [3.8, 4) is 0 Å². The molecule has 0 heterocycles. The van der Waals surface area contributed by atoms with Crippen LogP contribution in [0.25, 0.3) is 10.8 Å². The zero-order chi connectivity index (χ0) is 18.4. The summed E-state index contributed by atoms with van der Waals surface area (Å²) in [5.41, 5.74) is 0.868. The van der Waals surface area contributed by atoms with Crippen molar-refractivity contribution in [2.75, 3.05) is 6.16 Å². The van der Waals surface area contributed by atoms with Crippen molar-refractivity contribution in [3.05, 3.63) is 48.0 Å². The summed E-state index contributed by atoms with van der Waals surface area (Å²) in [6, 6.07) is 12.1. The molecule has 25 heavy (non-hydrogen) atoms. The molecule has 7 nitrogen and oxygen atoms in total. The highest BCUT2D eigenvalue weighted by molar-refractivity contribution is 7.55. The van der Waals surface area contributed by atoms with Gasteiger partial charge in [0.1, 0.15) is 6.04 Å². The van der Waals surface area contributed by atoms with Crippen LogP contribution in [0.2, 0.25) is 0 Å². The number of rotatable bonds is 9. The molecule has 0 radical (unpaired) electrons. The molecule has 134 valence electrons. The second-order valence-corrected chi connectivity index (χ2v) is 7.92. The van der Waals surface area contributed by atoms with Crippen LogP contribution >= 0.6 is 7.52 Å². The number of hydrogen-bond donors (Lipinski definition) is 4. The lowest BCUT2D eigenvalue weighted by Gasteiger charge is -2.19. The summed E-state index contributed by atoms with van der Waals surface area (Å²) in [6.07, 6.45) is -0.487. The number of aryl methyl sites for hydroxylation is 1. The first-order valence-corrected chi connectivity index (χ1v) is 9.63. The van der Waals surface area contributed by atoms with E-state index in [9.17, 15) is 19.0 Å². The maximum atomic E-state index is 12.2. The summed E-state index contributed by atoms with van der Waals surface area (Å²) in [7, 11) is -3.91. The van der Waals surface area contributed by atoms with Crippen molar-refractivity contribution < 1.29 is 29.3 Å². The lowest BCUT2D eigenvalue weighted by molar-refractivity contribution is -0.140. The molecule has 0 spiro atoms. The van der Waals surface area contributed by atoms with Gasteiger partial charge in [-0.3, -0.25) is 14.2 Å². The van der Waals surface area contributed by atoms with Crippen LogP contribution in [0.3, 0.4) is 0 Å². The van der Waals surface area contributed by atoms with Gasteiger partial charge in [0.25, 0.3) is 7.52 Å². The van der Waals surface area contributed by atoms with E-state index in [-0.39, 0.29) is 12.6 Å². The monoisotopic (exact) mass is 365 g/mol. The summed E-state index contributed by atoms with van der Waals surface area (Å²) in [5.74, 6) is -2.50. The predicted molar refractivity (Wildman–Crippen MR) is 93.8 cm³/mol. The number of hydrogen-bond acceptors (Lipinski definition) is 3. The number of carbonyl (C=O) groups is 2. The minimum absolute atomic E-state index is 0.137. The van der Waals surface area contributed by atoms with Gasteiger partial charge in [-0.05, 0) is 29.2 Å². The summed E-state index contributed by atoms with van der Waals surface area (Å²) < 4.78 is 12.2. The van der Waals surface area contributed by atoms with Gasteiger partial charge in [-0.15, -0.1) is 0 Å². The van der Waals surface area contributed by atoms with Crippen molar-refractivity contribution in [2.24, 2.45) is 0 Å². The minimum Gasteiger partial charge on any atom is -0.481 e. The molecule has 0 aromatic heterocycles. The van der Waals surface area contributed by atoms with Crippen molar-refractivity contribution in [2.45, 2.75) is 25.3 Å². The molecule has 2 unspecified atom stereocenters. The Morgan fingerprint density at radius 2 is 1.76 bits per heavy atom. The first-order valence-electron chi connectivity index (χ1n) is 7.79. The highest BCUT2D eigenvalue weighted by atomic mass is 31.2. The summed E-state index contributed by atoms with van der Waals surface area (Å²) in [6.45, 7) is 0. The number of benzene rings is 2. The molecule has 2 aromatic rings.